The van der Waals surface area contributed by atoms with Gasteiger partial charge in [0.15, 0.2) is 0 Å². The number of aryl methyl sites for hydroxylation is 1. The molecule has 5 heteroatoms. The number of carbonyl (C=O) groups excluding carboxylic acids is 1. The van der Waals surface area contributed by atoms with Crippen LogP contribution in [0.15, 0.2) is 6.07 Å². The van der Waals surface area contributed by atoms with Crippen LogP contribution in [0.2, 0.25) is 0 Å². The molecule has 0 aliphatic carbocycles. The molecular formula is C11H17N3O2. The minimum atomic E-state index is -0.177. The number of carbonyl (C=O) groups is 1. The third-order valence-corrected chi connectivity index (χ3v) is 2.87. The van der Waals surface area contributed by atoms with E-state index in [2.05, 4.69) is 27.7 Å². The van der Waals surface area contributed by atoms with Gasteiger partial charge in [-0.25, -0.2) is 0 Å². The van der Waals surface area contributed by atoms with E-state index in [1.165, 1.54) is 12.8 Å². The van der Waals surface area contributed by atoms with Crippen molar-refractivity contribution in [3.8, 4) is 0 Å². The average molecular weight is 223 g/mol. The molecule has 1 aliphatic heterocycles. The van der Waals surface area contributed by atoms with Crippen LogP contribution in [0, 0.1) is 0 Å². The molecule has 16 heavy (non-hydrogen) atoms. The number of fused-ring (bicyclic) bond motifs is 1. The van der Waals surface area contributed by atoms with E-state index in [1.54, 1.807) is 0 Å². The highest BCUT2D eigenvalue weighted by atomic mass is 16.5. The van der Waals surface area contributed by atoms with Gasteiger partial charge in [0, 0.05) is 13.1 Å². The van der Waals surface area contributed by atoms with Crippen molar-refractivity contribution in [1.82, 2.24) is 14.7 Å². The smallest absolute Gasteiger partial charge is 0.319 e. The van der Waals surface area contributed by atoms with E-state index < -0.39 is 0 Å². The second-order valence-electron chi connectivity index (χ2n) is 3.99. The molecule has 1 aromatic heterocycles. The lowest BCUT2D eigenvalue weighted by Crippen LogP contribution is -2.37. The van der Waals surface area contributed by atoms with Crippen LogP contribution in [0.25, 0.3) is 0 Å². The summed E-state index contributed by atoms with van der Waals surface area (Å²) in [6, 6.07) is 2.11. The van der Waals surface area contributed by atoms with Gasteiger partial charge in [-0.2, -0.15) is 5.10 Å². The second-order valence-corrected chi connectivity index (χ2v) is 3.99. The minimum Gasteiger partial charge on any atom is -0.468 e. The van der Waals surface area contributed by atoms with Gasteiger partial charge in [-0.15, -0.1) is 0 Å². The highest BCUT2D eigenvalue weighted by molar-refractivity contribution is 5.71. The van der Waals surface area contributed by atoms with Crippen LogP contribution in [0.5, 0.6) is 0 Å². The predicted octanol–water partition coefficient (Wildman–Crippen LogP) is 0.434. The van der Waals surface area contributed by atoms with Gasteiger partial charge in [0.2, 0.25) is 0 Å². The van der Waals surface area contributed by atoms with Crippen molar-refractivity contribution in [3.05, 3.63) is 17.5 Å². The normalized spacial score (nSPS) is 15.9. The summed E-state index contributed by atoms with van der Waals surface area (Å²) >= 11 is 0. The van der Waals surface area contributed by atoms with E-state index in [4.69, 9.17) is 0 Å². The Morgan fingerprint density at radius 3 is 3.06 bits per heavy atom. The Kier molecular flexibility index (Phi) is 3.24. The van der Waals surface area contributed by atoms with Crippen LogP contribution >= 0.6 is 0 Å². The number of rotatable bonds is 3. The minimum absolute atomic E-state index is 0.177. The summed E-state index contributed by atoms with van der Waals surface area (Å²) in [5, 5.41) is 4.48. The van der Waals surface area contributed by atoms with Gasteiger partial charge in [0.05, 0.1) is 31.6 Å². The lowest BCUT2D eigenvalue weighted by atomic mass is 10.2. The van der Waals surface area contributed by atoms with Crippen LogP contribution < -0.4 is 0 Å². The first kappa shape index (κ1) is 11.1. The largest absolute Gasteiger partial charge is 0.468 e. The summed E-state index contributed by atoms with van der Waals surface area (Å²) in [7, 11) is 1.42. The Labute approximate surface area is 95.0 Å². The van der Waals surface area contributed by atoms with Crippen LogP contribution in [-0.4, -0.2) is 40.8 Å². The summed E-state index contributed by atoms with van der Waals surface area (Å²) in [6.07, 6.45) is 0.955. The molecule has 1 aromatic rings. The molecule has 2 heterocycles. The van der Waals surface area contributed by atoms with Gasteiger partial charge in [0.1, 0.15) is 0 Å². The van der Waals surface area contributed by atoms with E-state index >= 15 is 0 Å². The highest BCUT2D eigenvalue weighted by Crippen LogP contribution is 2.13. The molecule has 0 radical (unpaired) electrons. The Balaban J connectivity index is 2.02. The van der Waals surface area contributed by atoms with Crippen LogP contribution in [0.1, 0.15) is 18.3 Å². The fourth-order valence-corrected chi connectivity index (χ4v) is 1.93. The van der Waals surface area contributed by atoms with Gasteiger partial charge in [-0.05, 0) is 12.5 Å². The van der Waals surface area contributed by atoms with E-state index in [-0.39, 0.29) is 5.97 Å². The third-order valence-electron chi connectivity index (χ3n) is 2.87. The van der Waals surface area contributed by atoms with E-state index in [0.717, 1.165) is 31.7 Å². The molecule has 0 N–H and O–H groups in total. The lowest BCUT2D eigenvalue weighted by molar-refractivity contribution is -0.142. The maximum Gasteiger partial charge on any atom is 0.319 e. The van der Waals surface area contributed by atoms with Gasteiger partial charge in [-0.3, -0.25) is 14.4 Å². The van der Waals surface area contributed by atoms with Gasteiger partial charge >= 0.3 is 5.97 Å². The lowest BCUT2D eigenvalue weighted by Gasteiger charge is -2.26. The Morgan fingerprint density at radius 2 is 2.38 bits per heavy atom. The maximum atomic E-state index is 11.2. The van der Waals surface area contributed by atoms with Crippen molar-refractivity contribution in [2.45, 2.75) is 26.4 Å². The van der Waals surface area contributed by atoms with Crippen molar-refractivity contribution >= 4 is 5.97 Å². The third kappa shape index (κ3) is 2.24. The molecule has 0 saturated carbocycles. The number of ether oxygens (including phenoxy) is 1. The second kappa shape index (κ2) is 4.65. The number of methoxy groups -OCH3 is 1. The number of hydrogen-bond donors (Lipinski definition) is 0. The molecule has 0 atom stereocenters. The number of aromatic nitrogens is 2. The molecule has 0 unspecified atom stereocenters. The average Bonchev–Trinajstić information content (AvgIpc) is 2.71. The molecule has 5 nitrogen and oxygen atoms in total. The molecule has 88 valence electrons. The Morgan fingerprint density at radius 1 is 1.56 bits per heavy atom. The molecular weight excluding hydrogens is 206 g/mol. The summed E-state index contributed by atoms with van der Waals surface area (Å²) in [4.78, 5) is 13.3. The van der Waals surface area contributed by atoms with Crippen molar-refractivity contribution < 1.29 is 9.53 Å². The van der Waals surface area contributed by atoms with Crippen LogP contribution in [0.3, 0.4) is 0 Å². The first-order chi connectivity index (χ1) is 7.72. The zero-order valence-electron chi connectivity index (χ0n) is 9.77. The zero-order valence-corrected chi connectivity index (χ0v) is 9.77. The van der Waals surface area contributed by atoms with Crippen molar-refractivity contribution in [1.29, 1.82) is 0 Å². The molecule has 0 spiro atoms. The molecule has 0 saturated heterocycles. The fourth-order valence-electron chi connectivity index (χ4n) is 1.93. The number of hydrogen-bond acceptors (Lipinski definition) is 4. The van der Waals surface area contributed by atoms with Crippen molar-refractivity contribution in [3.63, 3.8) is 0 Å². The zero-order chi connectivity index (χ0) is 11.5. The molecule has 0 bridgehead atoms. The summed E-state index contributed by atoms with van der Waals surface area (Å²) < 4.78 is 6.70. The molecule has 0 aromatic carbocycles. The van der Waals surface area contributed by atoms with Crippen LogP contribution in [-0.2, 0) is 29.0 Å². The first-order valence-electron chi connectivity index (χ1n) is 5.57. The first-order valence-corrected chi connectivity index (χ1v) is 5.57. The van der Waals surface area contributed by atoms with E-state index in [0.29, 0.717) is 6.54 Å². The Bertz CT molecular complexity index is 387. The van der Waals surface area contributed by atoms with Crippen molar-refractivity contribution in [2.75, 3.05) is 20.2 Å². The molecule has 0 fully saturated rings. The molecule has 0 amide bonds. The Hall–Kier alpha value is -1.36. The van der Waals surface area contributed by atoms with E-state index in [9.17, 15) is 4.79 Å². The van der Waals surface area contributed by atoms with Crippen LogP contribution in [0.4, 0.5) is 0 Å². The monoisotopic (exact) mass is 223 g/mol. The highest BCUT2D eigenvalue weighted by Gasteiger charge is 2.19. The van der Waals surface area contributed by atoms with Gasteiger partial charge < -0.3 is 4.74 Å². The fraction of sp³-hybridized carbons (Fsp3) is 0.636. The summed E-state index contributed by atoms with van der Waals surface area (Å²) in [5.41, 5.74) is 2.31. The summed E-state index contributed by atoms with van der Waals surface area (Å²) in [5.74, 6) is -0.177. The van der Waals surface area contributed by atoms with E-state index in [1.807, 2.05) is 4.68 Å². The predicted molar refractivity (Wildman–Crippen MR) is 58.9 cm³/mol. The quantitative estimate of drug-likeness (QED) is 0.697. The van der Waals surface area contributed by atoms with Gasteiger partial charge in [-0.1, -0.05) is 6.92 Å². The number of esters is 1. The SMILES string of the molecule is CCc1cc2n(n1)CCN(CC(=O)OC)C2. The number of nitrogens with zero attached hydrogens (tertiary/aromatic N) is 3. The maximum absolute atomic E-state index is 11.2. The molecule has 1 aliphatic rings. The summed E-state index contributed by atoms with van der Waals surface area (Å²) in [6.45, 7) is 4.95. The molecule has 2 rings (SSSR count). The van der Waals surface area contributed by atoms with Crippen molar-refractivity contribution in [2.24, 2.45) is 0 Å². The standard InChI is InChI=1S/C11H17N3O2/c1-3-9-6-10-7-13(8-11(15)16-2)4-5-14(10)12-9/h6H,3-5,7-8H2,1-2H3. The topological polar surface area (TPSA) is 47.4 Å². The van der Waals surface area contributed by atoms with Gasteiger partial charge in [0.25, 0.3) is 0 Å².